The van der Waals surface area contributed by atoms with E-state index < -0.39 is 12.0 Å². The fourth-order valence-corrected chi connectivity index (χ4v) is 1.26. The lowest BCUT2D eigenvalue weighted by Crippen LogP contribution is -2.40. The minimum absolute atomic E-state index is 0.214. The van der Waals surface area contributed by atoms with E-state index in [1.165, 1.54) is 0 Å². The maximum atomic E-state index is 10.9. The van der Waals surface area contributed by atoms with Crippen LogP contribution >= 0.6 is 11.8 Å². The predicted molar refractivity (Wildman–Crippen MR) is 52.9 cm³/mol. The van der Waals surface area contributed by atoms with E-state index in [1.54, 1.807) is 18.7 Å². The number of carboxylic acid groups (broad SMARTS) is 1. The maximum absolute atomic E-state index is 10.9. The normalized spacial score (nSPS) is 12.2. The van der Waals surface area contributed by atoms with Gasteiger partial charge in [-0.05, 0) is 18.4 Å². The summed E-state index contributed by atoms with van der Waals surface area (Å²) in [5.74, 6) is -0.439. The van der Waals surface area contributed by atoms with Gasteiger partial charge >= 0.3 is 5.97 Å². The van der Waals surface area contributed by atoms with Crippen LogP contribution in [0.2, 0.25) is 0 Å². The Morgan fingerprint density at radius 3 is 2.54 bits per heavy atom. The molecule has 0 aliphatic rings. The molecule has 4 nitrogen and oxygen atoms in total. The Kier molecular flexibility index (Phi) is 6.40. The van der Waals surface area contributed by atoms with E-state index in [9.17, 15) is 9.59 Å². The first-order chi connectivity index (χ1) is 6.11. The molecule has 0 aromatic rings. The molecule has 13 heavy (non-hydrogen) atoms. The molecule has 1 atom stereocenters. The largest absolute Gasteiger partial charge is 0.480 e. The third-order valence-corrected chi connectivity index (χ3v) is 2.21. The van der Waals surface area contributed by atoms with Gasteiger partial charge in [0.15, 0.2) is 0 Å². The molecule has 0 unspecified atom stereocenters. The molecule has 0 rings (SSSR count). The van der Waals surface area contributed by atoms with Crippen LogP contribution in [0.25, 0.3) is 0 Å². The second kappa shape index (κ2) is 6.77. The molecule has 0 spiro atoms. The Bertz CT molecular complexity index is 184. The number of rotatable bonds is 6. The van der Waals surface area contributed by atoms with Crippen molar-refractivity contribution < 1.29 is 14.7 Å². The first kappa shape index (κ1) is 12.3. The van der Waals surface area contributed by atoms with E-state index in [0.29, 0.717) is 12.8 Å². The molecule has 0 aliphatic carbocycles. The summed E-state index contributed by atoms with van der Waals surface area (Å²) in [5, 5.41) is 11.2. The quantitative estimate of drug-likeness (QED) is 0.670. The van der Waals surface area contributed by atoms with Gasteiger partial charge in [-0.2, -0.15) is 11.8 Å². The van der Waals surface area contributed by atoms with Gasteiger partial charge in [-0.25, -0.2) is 4.79 Å². The van der Waals surface area contributed by atoms with Crippen LogP contribution in [0.5, 0.6) is 0 Å². The van der Waals surface area contributed by atoms with Gasteiger partial charge in [0.2, 0.25) is 5.91 Å². The minimum atomic E-state index is -0.962. The van der Waals surface area contributed by atoms with Gasteiger partial charge in [-0.15, -0.1) is 0 Å². The van der Waals surface area contributed by atoms with Crippen molar-refractivity contribution in [3.8, 4) is 0 Å². The molecular weight excluding hydrogens is 190 g/mol. The van der Waals surface area contributed by atoms with Crippen LogP contribution in [0.3, 0.4) is 0 Å². The molecule has 0 bridgehead atoms. The number of aliphatic carboxylic acids is 1. The lowest BCUT2D eigenvalue weighted by Gasteiger charge is -2.12. The van der Waals surface area contributed by atoms with Gasteiger partial charge in [0.25, 0.3) is 0 Å². The highest BCUT2D eigenvalue weighted by molar-refractivity contribution is 7.98. The van der Waals surface area contributed by atoms with Crippen molar-refractivity contribution >= 4 is 23.6 Å². The summed E-state index contributed by atoms with van der Waals surface area (Å²) in [7, 11) is 0. The molecule has 0 saturated heterocycles. The van der Waals surface area contributed by atoms with Crippen molar-refractivity contribution in [3.63, 3.8) is 0 Å². The van der Waals surface area contributed by atoms with Crippen molar-refractivity contribution in [1.82, 2.24) is 5.32 Å². The molecule has 0 aromatic carbocycles. The third-order valence-electron chi connectivity index (χ3n) is 1.57. The molecule has 0 radical (unpaired) electrons. The van der Waals surface area contributed by atoms with E-state index in [0.717, 1.165) is 5.75 Å². The molecule has 0 aromatic heterocycles. The zero-order valence-corrected chi connectivity index (χ0v) is 8.69. The summed E-state index contributed by atoms with van der Waals surface area (Å²) < 4.78 is 0. The molecular formula is C8H15NO3S. The first-order valence-electron chi connectivity index (χ1n) is 4.13. The molecule has 5 heteroatoms. The molecule has 0 fully saturated rings. The van der Waals surface area contributed by atoms with Crippen LogP contribution in [0.15, 0.2) is 0 Å². The first-order valence-corrected chi connectivity index (χ1v) is 5.52. The molecule has 2 N–H and O–H groups in total. The van der Waals surface area contributed by atoms with Gasteiger partial charge in [0, 0.05) is 6.42 Å². The van der Waals surface area contributed by atoms with Crippen molar-refractivity contribution in [3.05, 3.63) is 0 Å². The average Bonchev–Trinajstić information content (AvgIpc) is 2.11. The fraction of sp³-hybridized carbons (Fsp3) is 0.750. The number of carbonyl (C=O) groups excluding carboxylic acids is 1. The number of carboxylic acids is 1. The summed E-state index contributed by atoms with van der Waals surface area (Å²) in [6, 6.07) is -0.736. The summed E-state index contributed by atoms with van der Waals surface area (Å²) in [4.78, 5) is 21.5. The highest BCUT2D eigenvalue weighted by atomic mass is 32.2. The summed E-state index contributed by atoms with van der Waals surface area (Å²) in [6.07, 6.45) is 2.70. The average molecular weight is 205 g/mol. The summed E-state index contributed by atoms with van der Waals surface area (Å²) in [5.41, 5.74) is 0. The number of carbonyl (C=O) groups is 2. The highest BCUT2D eigenvalue weighted by Crippen LogP contribution is 2.01. The topological polar surface area (TPSA) is 66.4 Å². The minimum Gasteiger partial charge on any atom is -0.480 e. The van der Waals surface area contributed by atoms with Crippen LogP contribution in [0.4, 0.5) is 0 Å². The molecule has 76 valence electrons. The van der Waals surface area contributed by atoms with Crippen molar-refractivity contribution in [2.45, 2.75) is 25.8 Å². The SMILES string of the molecule is CCC(=O)N[C@H](CCSC)C(=O)O. The fourth-order valence-electron chi connectivity index (χ4n) is 0.789. The zero-order valence-electron chi connectivity index (χ0n) is 7.87. The number of thioether (sulfide) groups is 1. The summed E-state index contributed by atoms with van der Waals surface area (Å²) in [6.45, 7) is 1.70. The van der Waals surface area contributed by atoms with E-state index in [4.69, 9.17) is 5.11 Å². The Balaban J connectivity index is 3.94. The Hall–Kier alpha value is -0.710. The number of nitrogens with one attached hydrogen (secondary N) is 1. The Morgan fingerprint density at radius 2 is 2.15 bits per heavy atom. The van der Waals surface area contributed by atoms with Crippen LogP contribution in [-0.4, -0.2) is 35.0 Å². The monoisotopic (exact) mass is 205 g/mol. The van der Waals surface area contributed by atoms with E-state index >= 15 is 0 Å². The number of amides is 1. The molecule has 0 aliphatic heterocycles. The van der Waals surface area contributed by atoms with Gasteiger partial charge < -0.3 is 10.4 Å². The van der Waals surface area contributed by atoms with Gasteiger partial charge in [-0.1, -0.05) is 6.92 Å². The van der Waals surface area contributed by atoms with Crippen LogP contribution < -0.4 is 5.32 Å². The number of hydrogen-bond donors (Lipinski definition) is 2. The van der Waals surface area contributed by atoms with Crippen molar-refractivity contribution in [2.75, 3.05) is 12.0 Å². The van der Waals surface area contributed by atoms with Crippen LogP contribution in [0, 0.1) is 0 Å². The van der Waals surface area contributed by atoms with Crippen LogP contribution in [0.1, 0.15) is 19.8 Å². The molecule has 1 amide bonds. The number of hydrogen-bond acceptors (Lipinski definition) is 3. The second-order valence-corrected chi connectivity index (χ2v) is 3.58. The standard InChI is InChI=1S/C8H15NO3S/c1-3-7(10)9-6(8(11)12)4-5-13-2/h6H,3-5H2,1-2H3,(H,9,10)(H,11,12)/t6-/m1/s1. The molecule has 0 saturated carbocycles. The Labute approximate surface area is 82.1 Å². The van der Waals surface area contributed by atoms with Crippen LogP contribution in [-0.2, 0) is 9.59 Å². The van der Waals surface area contributed by atoms with Crippen molar-refractivity contribution in [2.24, 2.45) is 0 Å². The van der Waals surface area contributed by atoms with E-state index in [-0.39, 0.29) is 5.91 Å². The smallest absolute Gasteiger partial charge is 0.326 e. The van der Waals surface area contributed by atoms with Gasteiger partial charge in [-0.3, -0.25) is 4.79 Å². The van der Waals surface area contributed by atoms with Gasteiger partial charge in [0.05, 0.1) is 0 Å². The van der Waals surface area contributed by atoms with Crippen molar-refractivity contribution in [1.29, 1.82) is 0 Å². The van der Waals surface area contributed by atoms with Gasteiger partial charge in [0.1, 0.15) is 6.04 Å². The second-order valence-electron chi connectivity index (χ2n) is 2.59. The predicted octanol–water partition coefficient (Wildman–Crippen LogP) is 0.719. The lowest BCUT2D eigenvalue weighted by molar-refractivity contribution is -0.141. The maximum Gasteiger partial charge on any atom is 0.326 e. The van der Waals surface area contributed by atoms with E-state index in [2.05, 4.69) is 5.32 Å². The highest BCUT2D eigenvalue weighted by Gasteiger charge is 2.17. The van der Waals surface area contributed by atoms with E-state index in [1.807, 2.05) is 6.26 Å². The summed E-state index contributed by atoms with van der Waals surface area (Å²) >= 11 is 1.57. The zero-order chi connectivity index (χ0) is 10.3. The Morgan fingerprint density at radius 1 is 1.54 bits per heavy atom. The lowest BCUT2D eigenvalue weighted by atomic mass is 10.2. The third kappa shape index (κ3) is 5.52. The molecule has 0 heterocycles.